The summed E-state index contributed by atoms with van der Waals surface area (Å²) in [6.45, 7) is 8.03. The Balaban J connectivity index is 2.32. The van der Waals surface area contributed by atoms with Gasteiger partial charge in [-0.05, 0) is 19.9 Å². The van der Waals surface area contributed by atoms with Crippen molar-refractivity contribution in [3.8, 4) is 5.95 Å². The van der Waals surface area contributed by atoms with Crippen molar-refractivity contribution in [3.05, 3.63) is 48.3 Å². The van der Waals surface area contributed by atoms with Crippen LogP contribution in [0.1, 0.15) is 32.2 Å². The fourth-order valence-corrected chi connectivity index (χ4v) is 1.93. The van der Waals surface area contributed by atoms with Gasteiger partial charge in [0.1, 0.15) is 6.33 Å². The van der Waals surface area contributed by atoms with Gasteiger partial charge in [-0.25, -0.2) is 19.7 Å². The highest BCUT2D eigenvalue weighted by molar-refractivity contribution is 5.82. The van der Waals surface area contributed by atoms with Gasteiger partial charge in [-0.2, -0.15) is 0 Å². The normalized spacial score (nSPS) is 11.8. The number of esters is 1. The molecule has 0 saturated heterocycles. The Labute approximate surface area is 129 Å². The molecule has 0 unspecified atom stereocenters. The number of hydrogen-bond acceptors (Lipinski definition) is 5. The molecule has 2 rings (SSSR count). The fraction of sp³-hybridized carbons (Fsp3) is 0.375. The third kappa shape index (κ3) is 3.78. The van der Waals surface area contributed by atoms with Crippen LogP contribution in [0.25, 0.3) is 5.95 Å². The van der Waals surface area contributed by atoms with Crippen LogP contribution in [0.4, 0.5) is 0 Å². The number of rotatable bonds is 5. The molecule has 116 valence electrons. The Bertz CT molecular complexity index is 675. The van der Waals surface area contributed by atoms with Gasteiger partial charge in [0.2, 0.25) is 5.95 Å². The monoisotopic (exact) mass is 300 g/mol. The Morgan fingerprint density at radius 3 is 2.82 bits per heavy atom. The van der Waals surface area contributed by atoms with E-state index in [-0.39, 0.29) is 5.97 Å². The quantitative estimate of drug-likeness (QED) is 0.626. The molecule has 6 heteroatoms. The number of carbonyl (C=O) groups is 1. The predicted octanol–water partition coefficient (Wildman–Crippen LogP) is 2.37. The van der Waals surface area contributed by atoms with Crippen molar-refractivity contribution in [1.29, 1.82) is 0 Å². The second-order valence-electron chi connectivity index (χ2n) is 5.47. The van der Waals surface area contributed by atoms with Gasteiger partial charge < -0.3 is 4.74 Å². The highest BCUT2D eigenvalue weighted by Crippen LogP contribution is 2.24. The van der Waals surface area contributed by atoms with Crippen molar-refractivity contribution >= 4 is 5.97 Å². The number of aromatic nitrogens is 4. The lowest BCUT2D eigenvalue weighted by Gasteiger charge is -2.20. The van der Waals surface area contributed by atoms with Gasteiger partial charge in [0.15, 0.2) is 0 Å². The first kappa shape index (κ1) is 15.9. The molecule has 0 N–H and O–H groups in total. The zero-order valence-corrected chi connectivity index (χ0v) is 13.3. The van der Waals surface area contributed by atoms with Gasteiger partial charge in [-0.15, -0.1) is 0 Å². The molecule has 0 radical (unpaired) electrons. The van der Waals surface area contributed by atoms with Crippen molar-refractivity contribution in [1.82, 2.24) is 19.5 Å². The van der Waals surface area contributed by atoms with E-state index in [1.165, 1.54) is 6.08 Å². The molecule has 0 aliphatic carbocycles. The Hall–Kier alpha value is -2.50. The summed E-state index contributed by atoms with van der Waals surface area (Å²) < 4.78 is 6.66. The number of hydrogen-bond donors (Lipinski definition) is 0. The molecule has 2 aromatic heterocycles. The summed E-state index contributed by atoms with van der Waals surface area (Å²) in [7, 11) is 0. The molecule has 0 spiro atoms. The van der Waals surface area contributed by atoms with E-state index in [0.29, 0.717) is 12.6 Å². The van der Waals surface area contributed by atoms with E-state index in [1.807, 2.05) is 26.8 Å². The van der Waals surface area contributed by atoms with Gasteiger partial charge in [0, 0.05) is 29.6 Å². The first-order valence-corrected chi connectivity index (χ1v) is 7.13. The SMILES string of the molecule is CCOC(=O)C=CC(C)(C)c1cc(C)nc(-n2ccnc2)n1. The highest BCUT2D eigenvalue weighted by Gasteiger charge is 2.21. The van der Waals surface area contributed by atoms with E-state index in [2.05, 4.69) is 15.0 Å². The molecule has 0 aliphatic rings. The number of imidazole rings is 1. The number of nitrogens with zero attached hydrogens (tertiary/aromatic N) is 4. The third-order valence-electron chi connectivity index (χ3n) is 3.16. The average molecular weight is 300 g/mol. The molecule has 0 bridgehead atoms. The molecule has 0 atom stereocenters. The van der Waals surface area contributed by atoms with E-state index in [9.17, 15) is 4.79 Å². The summed E-state index contributed by atoms with van der Waals surface area (Å²) in [6.07, 6.45) is 8.36. The molecule has 0 saturated carbocycles. The molecule has 2 aromatic rings. The summed E-state index contributed by atoms with van der Waals surface area (Å²) in [4.78, 5) is 24.5. The van der Waals surface area contributed by atoms with Gasteiger partial charge in [0.05, 0.1) is 12.3 Å². The topological polar surface area (TPSA) is 69.9 Å². The second kappa shape index (κ2) is 6.51. The molecule has 6 nitrogen and oxygen atoms in total. The minimum Gasteiger partial charge on any atom is -0.463 e. The minimum absolute atomic E-state index is 0.351. The summed E-state index contributed by atoms with van der Waals surface area (Å²) in [5.41, 5.74) is 1.26. The van der Waals surface area contributed by atoms with Crippen molar-refractivity contribution in [2.75, 3.05) is 6.61 Å². The Kier molecular flexibility index (Phi) is 4.70. The predicted molar refractivity (Wildman–Crippen MR) is 82.7 cm³/mol. The van der Waals surface area contributed by atoms with Crippen LogP contribution in [0.5, 0.6) is 0 Å². The van der Waals surface area contributed by atoms with Gasteiger partial charge in [-0.1, -0.05) is 19.9 Å². The molecular weight excluding hydrogens is 280 g/mol. The lowest BCUT2D eigenvalue weighted by Crippen LogP contribution is -2.19. The van der Waals surface area contributed by atoms with Crippen molar-refractivity contribution < 1.29 is 9.53 Å². The molecule has 0 aromatic carbocycles. The second-order valence-corrected chi connectivity index (χ2v) is 5.47. The first-order valence-electron chi connectivity index (χ1n) is 7.13. The van der Waals surface area contributed by atoms with Crippen LogP contribution in [0.2, 0.25) is 0 Å². The zero-order chi connectivity index (χ0) is 16.2. The summed E-state index contributed by atoms with van der Waals surface area (Å²) in [5.74, 6) is 0.210. The summed E-state index contributed by atoms with van der Waals surface area (Å²) >= 11 is 0. The minimum atomic E-state index is -0.421. The Morgan fingerprint density at radius 1 is 1.41 bits per heavy atom. The first-order chi connectivity index (χ1) is 10.4. The molecule has 0 amide bonds. The van der Waals surface area contributed by atoms with Crippen LogP contribution in [0.15, 0.2) is 36.9 Å². The fourth-order valence-electron chi connectivity index (χ4n) is 1.93. The summed E-state index contributed by atoms with van der Waals surface area (Å²) in [5, 5.41) is 0. The van der Waals surface area contributed by atoms with E-state index >= 15 is 0 Å². The lowest BCUT2D eigenvalue weighted by atomic mass is 9.88. The maximum absolute atomic E-state index is 11.5. The molecule has 22 heavy (non-hydrogen) atoms. The van der Waals surface area contributed by atoms with E-state index in [4.69, 9.17) is 4.74 Å². The van der Waals surface area contributed by atoms with Crippen molar-refractivity contribution in [2.24, 2.45) is 0 Å². The summed E-state index contributed by atoms with van der Waals surface area (Å²) in [6, 6.07) is 1.91. The number of ether oxygens (including phenoxy) is 1. The average Bonchev–Trinajstić information content (AvgIpc) is 2.99. The van der Waals surface area contributed by atoms with Crippen molar-refractivity contribution in [3.63, 3.8) is 0 Å². The third-order valence-corrected chi connectivity index (χ3v) is 3.16. The van der Waals surface area contributed by atoms with Crippen molar-refractivity contribution in [2.45, 2.75) is 33.1 Å². The van der Waals surface area contributed by atoms with Gasteiger partial charge in [-0.3, -0.25) is 4.57 Å². The Morgan fingerprint density at radius 2 is 2.18 bits per heavy atom. The maximum atomic E-state index is 11.5. The largest absolute Gasteiger partial charge is 0.463 e. The number of aryl methyl sites for hydroxylation is 1. The molecular formula is C16H20N4O2. The van der Waals surface area contributed by atoms with Crippen LogP contribution < -0.4 is 0 Å². The lowest BCUT2D eigenvalue weighted by molar-refractivity contribution is -0.137. The maximum Gasteiger partial charge on any atom is 0.330 e. The van der Waals surface area contributed by atoms with Crippen LogP contribution in [-0.4, -0.2) is 32.1 Å². The van der Waals surface area contributed by atoms with E-state index in [0.717, 1.165) is 11.4 Å². The standard InChI is InChI=1S/C16H20N4O2/c1-5-22-14(21)6-7-16(3,4)13-10-12(2)18-15(19-13)20-9-8-17-11-20/h6-11H,5H2,1-4H3. The van der Waals surface area contributed by atoms with Gasteiger partial charge in [0.25, 0.3) is 0 Å². The van der Waals surface area contributed by atoms with Crippen LogP contribution in [-0.2, 0) is 14.9 Å². The molecule has 0 aliphatic heterocycles. The van der Waals surface area contributed by atoms with Crippen LogP contribution >= 0.6 is 0 Å². The van der Waals surface area contributed by atoms with E-state index < -0.39 is 5.41 Å². The molecule has 2 heterocycles. The van der Waals surface area contributed by atoms with Crippen LogP contribution in [0.3, 0.4) is 0 Å². The molecule has 0 fully saturated rings. The number of allylic oxidation sites excluding steroid dienone is 1. The van der Waals surface area contributed by atoms with Gasteiger partial charge >= 0.3 is 5.97 Å². The van der Waals surface area contributed by atoms with Crippen LogP contribution in [0, 0.1) is 6.92 Å². The zero-order valence-electron chi connectivity index (χ0n) is 13.3. The van der Waals surface area contributed by atoms with E-state index in [1.54, 1.807) is 36.3 Å². The highest BCUT2D eigenvalue weighted by atomic mass is 16.5. The number of carbonyl (C=O) groups excluding carboxylic acids is 1. The smallest absolute Gasteiger partial charge is 0.330 e.